The number of H-pyrrole nitrogens is 1. The second-order valence-corrected chi connectivity index (χ2v) is 5.24. The van der Waals surface area contributed by atoms with E-state index in [1.54, 1.807) is 0 Å². The highest BCUT2D eigenvalue weighted by Crippen LogP contribution is 2.25. The maximum Gasteiger partial charge on any atom is 0.133 e. The molecule has 1 aromatic carbocycles. The number of imidazole rings is 1. The Hall–Kier alpha value is -1.68. The molecule has 0 fully saturated rings. The lowest BCUT2D eigenvalue weighted by atomic mass is 9.84. The minimum absolute atomic E-state index is 0.0176. The van der Waals surface area contributed by atoms with Crippen LogP contribution in [0.1, 0.15) is 25.2 Å². The number of nitrogens with zero attached hydrogens (tertiary/aromatic N) is 1. The number of rotatable bonds is 5. The Morgan fingerprint density at radius 2 is 2.22 bits per heavy atom. The molecule has 4 nitrogen and oxygen atoms in total. The first-order chi connectivity index (χ1) is 8.53. The molecule has 0 unspecified atom stereocenters. The van der Waals surface area contributed by atoms with Crippen molar-refractivity contribution in [2.45, 2.75) is 26.2 Å². The van der Waals surface area contributed by atoms with Crippen LogP contribution in [-0.4, -0.2) is 29.3 Å². The number of hydrogen-bond donors (Lipinski definition) is 2. The summed E-state index contributed by atoms with van der Waals surface area (Å²) in [5.74, 6) is 0.930. The zero-order valence-electron chi connectivity index (χ0n) is 11.1. The summed E-state index contributed by atoms with van der Waals surface area (Å²) in [5, 5.41) is 3.13. The van der Waals surface area contributed by atoms with Crippen molar-refractivity contribution in [1.29, 1.82) is 0 Å². The van der Waals surface area contributed by atoms with Crippen molar-refractivity contribution in [2.75, 3.05) is 13.1 Å². The Morgan fingerprint density at radius 1 is 1.44 bits per heavy atom. The van der Waals surface area contributed by atoms with E-state index in [4.69, 9.17) is 0 Å². The highest BCUT2D eigenvalue weighted by atomic mass is 16.1. The van der Waals surface area contributed by atoms with E-state index in [1.165, 1.54) is 5.56 Å². The first-order valence-corrected chi connectivity index (χ1v) is 6.14. The van der Waals surface area contributed by atoms with Crippen LogP contribution in [0.2, 0.25) is 0 Å². The summed E-state index contributed by atoms with van der Waals surface area (Å²) >= 11 is 0. The Bertz CT molecular complexity index is 557. The van der Waals surface area contributed by atoms with E-state index in [1.807, 2.05) is 13.0 Å². The van der Waals surface area contributed by atoms with Crippen molar-refractivity contribution >= 4 is 17.3 Å². The van der Waals surface area contributed by atoms with Gasteiger partial charge in [-0.05, 0) is 24.6 Å². The van der Waals surface area contributed by atoms with Crippen LogP contribution in [0.3, 0.4) is 0 Å². The maximum atomic E-state index is 10.3. The van der Waals surface area contributed by atoms with Crippen LogP contribution >= 0.6 is 0 Å². The molecule has 0 amide bonds. The third-order valence-electron chi connectivity index (χ3n) is 3.18. The van der Waals surface area contributed by atoms with Gasteiger partial charge < -0.3 is 15.1 Å². The monoisotopic (exact) mass is 245 g/mol. The number of carbonyl (C=O) groups is 1. The number of aromatic nitrogens is 2. The molecule has 0 saturated carbocycles. The van der Waals surface area contributed by atoms with Crippen molar-refractivity contribution in [3.8, 4) is 0 Å². The number of carbonyl (C=O) groups excluding carboxylic acids is 1. The van der Waals surface area contributed by atoms with Gasteiger partial charge in [-0.3, -0.25) is 0 Å². The van der Waals surface area contributed by atoms with Crippen molar-refractivity contribution in [3.05, 3.63) is 29.6 Å². The Kier molecular flexibility index (Phi) is 3.48. The van der Waals surface area contributed by atoms with Gasteiger partial charge in [-0.25, -0.2) is 4.98 Å². The average molecular weight is 245 g/mol. The van der Waals surface area contributed by atoms with Gasteiger partial charge in [0.05, 0.1) is 17.6 Å². The number of aryl methyl sites for hydroxylation is 1. The molecule has 4 heteroatoms. The van der Waals surface area contributed by atoms with Crippen LogP contribution in [0.4, 0.5) is 0 Å². The van der Waals surface area contributed by atoms with E-state index in [0.29, 0.717) is 6.54 Å². The molecule has 0 bridgehead atoms. The first-order valence-electron chi connectivity index (χ1n) is 6.14. The molecule has 0 saturated heterocycles. The molecule has 18 heavy (non-hydrogen) atoms. The van der Waals surface area contributed by atoms with Crippen molar-refractivity contribution in [1.82, 2.24) is 15.3 Å². The van der Waals surface area contributed by atoms with Gasteiger partial charge in [0, 0.05) is 12.0 Å². The molecule has 0 spiro atoms. The van der Waals surface area contributed by atoms with Gasteiger partial charge in [0.1, 0.15) is 12.1 Å². The Labute approximate surface area is 107 Å². The quantitative estimate of drug-likeness (QED) is 0.625. The summed E-state index contributed by atoms with van der Waals surface area (Å²) in [6.07, 6.45) is 0.886. The zero-order chi connectivity index (χ0) is 13.2. The number of nitrogens with one attached hydrogen (secondary N) is 2. The van der Waals surface area contributed by atoms with Crippen LogP contribution in [0, 0.1) is 6.92 Å². The Morgan fingerprint density at radius 3 is 2.94 bits per heavy atom. The third-order valence-corrected chi connectivity index (χ3v) is 3.18. The molecule has 1 heterocycles. The van der Waals surface area contributed by atoms with Crippen molar-refractivity contribution in [2.24, 2.45) is 0 Å². The lowest BCUT2D eigenvalue weighted by Crippen LogP contribution is -2.33. The highest BCUT2D eigenvalue weighted by molar-refractivity contribution is 5.76. The largest absolute Gasteiger partial charge is 0.342 e. The van der Waals surface area contributed by atoms with Gasteiger partial charge in [-0.1, -0.05) is 19.9 Å². The summed E-state index contributed by atoms with van der Waals surface area (Å²) in [4.78, 5) is 18.0. The fourth-order valence-corrected chi connectivity index (χ4v) is 2.10. The van der Waals surface area contributed by atoms with E-state index >= 15 is 0 Å². The number of benzene rings is 1. The number of fused-ring (bicyclic) bond motifs is 1. The SMILES string of the molecule is Cc1nc2ccc(C(C)(C)CNCC=O)cc2[nH]1. The maximum absolute atomic E-state index is 10.3. The van der Waals surface area contributed by atoms with Crippen LogP contribution in [0.5, 0.6) is 0 Å². The topological polar surface area (TPSA) is 57.8 Å². The lowest BCUT2D eigenvalue weighted by Gasteiger charge is -2.25. The van der Waals surface area contributed by atoms with Crippen LogP contribution < -0.4 is 5.32 Å². The van der Waals surface area contributed by atoms with Crippen molar-refractivity contribution in [3.63, 3.8) is 0 Å². The number of aldehydes is 1. The highest BCUT2D eigenvalue weighted by Gasteiger charge is 2.20. The fraction of sp³-hybridized carbons (Fsp3) is 0.429. The minimum atomic E-state index is -0.0176. The molecule has 0 aliphatic rings. The third kappa shape index (κ3) is 2.59. The minimum Gasteiger partial charge on any atom is -0.342 e. The lowest BCUT2D eigenvalue weighted by molar-refractivity contribution is -0.107. The standard InChI is InChI=1S/C14H19N3O/c1-10-16-12-5-4-11(8-13(12)17-10)14(2,3)9-15-6-7-18/h4-5,7-8,15H,6,9H2,1-3H3,(H,16,17). The van der Waals surface area contributed by atoms with Gasteiger partial charge in [-0.2, -0.15) is 0 Å². The first kappa shape index (κ1) is 12.8. The van der Waals surface area contributed by atoms with Gasteiger partial charge in [0.25, 0.3) is 0 Å². The molecule has 0 radical (unpaired) electrons. The normalized spacial score (nSPS) is 11.9. The molecule has 2 rings (SSSR count). The van der Waals surface area contributed by atoms with Crippen LogP contribution in [0.15, 0.2) is 18.2 Å². The van der Waals surface area contributed by atoms with E-state index in [2.05, 4.69) is 41.3 Å². The molecular formula is C14H19N3O. The summed E-state index contributed by atoms with van der Waals surface area (Å²) in [6, 6.07) is 6.28. The Balaban J connectivity index is 2.25. The van der Waals surface area contributed by atoms with E-state index in [0.717, 1.165) is 29.7 Å². The van der Waals surface area contributed by atoms with Crippen LogP contribution in [-0.2, 0) is 10.2 Å². The van der Waals surface area contributed by atoms with Gasteiger partial charge in [-0.15, -0.1) is 0 Å². The molecule has 2 N–H and O–H groups in total. The van der Waals surface area contributed by atoms with Gasteiger partial charge >= 0.3 is 0 Å². The number of aromatic amines is 1. The fourth-order valence-electron chi connectivity index (χ4n) is 2.10. The molecular weight excluding hydrogens is 226 g/mol. The molecule has 2 aromatic rings. The van der Waals surface area contributed by atoms with Gasteiger partial charge in [0.2, 0.25) is 0 Å². The zero-order valence-corrected chi connectivity index (χ0v) is 11.1. The summed E-state index contributed by atoms with van der Waals surface area (Å²) in [5.41, 5.74) is 3.27. The second-order valence-electron chi connectivity index (χ2n) is 5.24. The van der Waals surface area contributed by atoms with E-state index in [-0.39, 0.29) is 5.41 Å². The predicted molar refractivity (Wildman–Crippen MR) is 72.8 cm³/mol. The van der Waals surface area contributed by atoms with Gasteiger partial charge in [0.15, 0.2) is 0 Å². The van der Waals surface area contributed by atoms with E-state index in [9.17, 15) is 4.79 Å². The molecule has 0 atom stereocenters. The molecule has 0 aliphatic carbocycles. The summed E-state index contributed by atoms with van der Waals surface area (Å²) < 4.78 is 0. The summed E-state index contributed by atoms with van der Waals surface area (Å²) in [6.45, 7) is 7.44. The smallest absolute Gasteiger partial charge is 0.133 e. The predicted octanol–water partition coefficient (Wildman–Crippen LogP) is 1.94. The van der Waals surface area contributed by atoms with E-state index < -0.39 is 0 Å². The average Bonchev–Trinajstić information content (AvgIpc) is 2.68. The molecule has 0 aliphatic heterocycles. The van der Waals surface area contributed by atoms with Crippen molar-refractivity contribution < 1.29 is 4.79 Å². The molecule has 1 aromatic heterocycles. The molecule has 96 valence electrons. The summed E-state index contributed by atoms with van der Waals surface area (Å²) in [7, 11) is 0. The second kappa shape index (κ2) is 4.90. The number of hydrogen-bond acceptors (Lipinski definition) is 3. The van der Waals surface area contributed by atoms with Crippen LogP contribution in [0.25, 0.3) is 11.0 Å².